The summed E-state index contributed by atoms with van der Waals surface area (Å²) >= 11 is 0. The number of amides is 1. The van der Waals surface area contributed by atoms with Crippen molar-refractivity contribution < 1.29 is 9.53 Å². The molecule has 1 fully saturated rings. The largest absolute Gasteiger partial charge is 0.374 e. The van der Waals surface area contributed by atoms with Crippen molar-refractivity contribution in [2.45, 2.75) is 26.5 Å². The summed E-state index contributed by atoms with van der Waals surface area (Å²) in [6.07, 6.45) is 2.92. The Bertz CT molecular complexity index is 820. The van der Waals surface area contributed by atoms with Crippen LogP contribution in [0.15, 0.2) is 29.5 Å². The third-order valence-corrected chi connectivity index (χ3v) is 4.28. The van der Waals surface area contributed by atoms with Gasteiger partial charge in [-0.05, 0) is 18.1 Å². The van der Waals surface area contributed by atoms with Crippen molar-refractivity contribution in [1.82, 2.24) is 24.8 Å². The van der Waals surface area contributed by atoms with Gasteiger partial charge in [0.1, 0.15) is 12.9 Å². The molecule has 2 aromatic rings. The first-order chi connectivity index (χ1) is 12.5. The van der Waals surface area contributed by atoms with Gasteiger partial charge in [0.15, 0.2) is 5.65 Å². The van der Waals surface area contributed by atoms with Crippen molar-refractivity contribution in [3.8, 4) is 0 Å². The van der Waals surface area contributed by atoms with E-state index in [9.17, 15) is 9.59 Å². The molecule has 0 aliphatic carbocycles. The van der Waals surface area contributed by atoms with E-state index in [0.717, 1.165) is 19.6 Å². The second-order valence-corrected chi connectivity index (χ2v) is 7.00. The highest BCUT2D eigenvalue weighted by Crippen LogP contribution is 2.07. The van der Waals surface area contributed by atoms with E-state index in [2.05, 4.69) is 34.0 Å². The lowest BCUT2D eigenvalue weighted by Crippen LogP contribution is -2.48. The molecule has 1 saturated heterocycles. The number of aromatic nitrogens is 3. The molecule has 8 nitrogen and oxygen atoms in total. The van der Waals surface area contributed by atoms with Crippen molar-refractivity contribution in [1.29, 1.82) is 0 Å². The van der Waals surface area contributed by atoms with E-state index < -0.39 is 0 Å². The molecular weight excluding hydrogens is 334 g/mol. The topological polar surface area (TPSA) is 89.3 Å². The first-order valence-corrected chi connectivity index (χ1v) is 8.93. The number of carbonyl (C=O) groups is 1. The number of pyridine rings is 1. The van der Waals surface area contributed by atoms with Gasteiger partial charge >= 0.3 is 0 Å². The molecule has 3 heterocycles. The van der Waals surface area contributed by atoms with Gasteiger partial charge in [-0.2, -0.15) is 0 Å². The van der Waals surface area contributed by atoms with E-state index >= 15 is 0 Å². The highest BCUT2D eigenvalue weighted by molar-refractivity contribution is 5.77. The molecule has 0 bridgehead atoms. The maximum atomic E-state index is 12.4. The standard InChI is InChI=1S/C18H25N5O3/c1-13(2)9-22-6-7-26-14(10-22)8-20-16(24)11-23-12-21-17-15(18(23)25)4-3-5-19-17/h3-5,12-14H,6-11H2,1-2H3,(H,20,24). The van der Waals surface area contributed by atoms with Gasteiger partial charge < -0.3 is 10.1 Å². The summed E-state index contributed by atoms with van der Waals surface area (Å²) in [5.41, 5.74) is 0.116. The van der Waals surface area contributed by atoms with Gasteiger partial charge in [0, 0.05) is 32.4 Å². The summed E-state index contributed by atoms with van der Waals surface area (Å²) in [5.74, 6) is 0.367. The Balaban J connectivity index is 1.54. The molecule has 3 rings (SSSR count). The molecule has 0 spiro atoms. The number of hydrogen-bond acceptors (Lipinski definition) is 6. The number of nitrogens with one attached hydrogen (secondary N) is 1. The molecule has 1 amide bonds. The van der Waals surface area contributed by atoms with E-state index in [0.29, 0.717) is 30.1 Å². The van der Waals surface area contributed by atoms with Crippen molar-refractivity contribution in [2.75, 3.05) is 32.8 Å². The fourth-order valence-corrected chi connectivity index (χ4v) is 3.14. The van der Waals surface area contributed by atoms with Crippen molar-refractivity contribution in [3.05, 3.63) is 35.0 Å². The van der Waals surface area contributed by atoms with Crippen molar-refractivity contribution in [2.24, 2.45) is 5.92 Å². The average Bonchev–Trinajstić information content (AvgIpc) is 2.62. The van der Waals surface area contributed by atoms with Gasteiger partial charge in [0.05, 0.1) is 18.1 Å². The molecule has 8 heteroatoms. The van der Waals surface area contributed by atoms with E-state index in [1.54, 1.807) is 18.3 Å². The van der Waals surface area contributed by atoms with E-state index in [1.165, 1.54) is 10.9 Å². The van der Waals surface area contributed by atoms with Gasteiger partial charge in [0.25, 0.3) is 5.56 Å². The maximum Gasteiger partial charge on any atom is 0.263 e. The minimum atomic E-state index is -0.268. The van der Waals surface area contributed by atoms with E-state index in [4.69, 9.17) is 4.74 Å². The normalized spacial score (nSPS) is 18.3. The Labute approximate surface area is 152 Å². The first kappa shape index (κ1) is 18.5. The summed E-state index contributed by atoms with van der Waals surface area (Å²) in [7, 11) is 0. The smallest absolute Gasteiger partial charge is 0.263 e. The van der Waals surface area contributed by atoms with Crippen molar-refractivity contribution >= 4 is 16.9 Å². The van der Waals surface area contributed by atoms with Gasteiger partial charge in [-0.3, -0.25) is 19.1 Å². The van der Waals surface area contributed by atoms with E-state index in [-0.39, 0.29) is 24.1 Å². The maximum absolute atomic E-state index is 12.4. The highest BCUT2D eigenvalue weighted by atomic mass is 16.5. The van der Waals surface area contributed by atoms with Gasteiger partial charge in [0.2, 0.25) is 5.91 Å². The molecule has 26 heavy (non-hydrogen) atoms. The van der Waals surface area contributed by atoms with Crippen LogP contribution in [0.3, 0.4) is 0 Å². The van der Waals surface area contributed by atoms with E-state index in [1.807, 2.05) is 0 Å². The Morgan fingerprint density at radius 3 is 3.08 bits per heavy atom. The third-order valence-electron chi connectivity index (χ3n) is 4.28. The molecule has 0 saturated carbocycles. The Kier molecular flexibility index (Phi) is 5.95. The fourth-order valence-electron chi connectivity index (χ4n) is 3.14. The minimum absolute atomic E-state index is 0.0258. The Hall–Kier alpha value is -2.32. The molecular formula is C18H25N5O3. The van der Waals surface area contributed by atoms with Gasteiger partial charge in [-0.15, -0.1) is 0 Å². The molecule has 1 aliphatic heterocycles. The monoisotopic (exact) mass is 359 g/mol. The molecule has 1 N–H and O–H groups in total. The first-order valence-electron chi connectivity index (χ1n) is 8.93. The predicted molar refractivity (Wildman–Crippen MR) is 97.8 cm³/mol. The molecule has 0 aromatic carbocycles. The van der Waals surface area contributed by atoms with Crippen LogP contribution in [0.1, 0.15) is 13.8 Å². The molecule has 140 valence electrons. The number of fused-ring (bicyclic) bond motifs is 1. The summed E-state index contributed by atoms with van der Waals surface area (Å²) in [6.45, 7) is 8.18. The lowest BCUT2D eigenvalue weighted by molar-refractivity contribution is -0.123. The third kappa shape index (κ3) is 4.64. The number of hydrogen-bond donors (Lipinski definition) is 1. The number of morpholine rings is 1. The Morgan fingerprint density at radius 1 is 1.42 bits per heavy atom. The Morgan fingerprint density at radius 2 is 2.27 bits per heavy atom. The van der Waals surface area contributed by atoms with Crippen LogP contribution in [-0.4, -0.2) is 64.2 Å². The zero-order chi connectivity index (χ0) is 18.5. The van der Waals surface area contributed by atoms with Crippen LogP contribution < -0.4 is 10.9 Å². The molecule has 0 radical (unpaired) electrons. The summed E-state index contributed by atoms with van der Waals surface area (Å²) in [6, 6.07) is 3.34. The number of carbonyl (C=O) groups excluding carboxylic acids is 1. The van der Waals surface area contributed by atoms with Crippen molar-refractivity contribution in [3.63, 3.8) is 0 Å². The van der Waals surface area contributed by atoms with Crippen LogP contribution in [0.5, 0.6) is 0 Å². The number of nitrogens with zero attached hydrogens (tertiary/aromatic N) is 4. The predicted octanol–water partition coefficient (Wildman–Crippen LogP) is 0.265. The zero-order valence-electron chi connectivity index (χ0n) is 15.2. The van der Waals surface area contributed by atoms with Gasteiger partial charge in [-0.25, -0.2) is 9.97 Å². The molecule has 1 unspecified atom stereocenters. The second kappa shape index (κ2) is 8.37. The van der Waals surface area contributed by atoms with Crippen LogP contribution in [0.4, 0.5) is 0 Å². The fraction of sp³-hybridized carbons (Fsp3) is 0.556. The zero-order valence-corrected chi connectivity index (χ0v) is 15.2. The van der Waals surface area contributed by atoms with Crippen LogP contribution in [0.25, 0.3) is 11.0 Å². The quantitative estimate of drug-likeness (QED) is 0.796. The summed E-state index contributed by atoms with van der Waals surface area (Å²) < 4.78 is 7.02. The number of rotatable bonds is 6. The molecule has 2 aromatic heterocycles. The lowest BCUT2D eigenvalue weighted by atomic mass is 10.2. The lowest BCUT2D eigenvalue weighted by Gasteiger charge is -2.33. The number of ether oxygens (including phenoxy) is 1. The summed E-state index contributed by atoms with van der Waals surface area (Å²) in [5, 5.41) is 3.26. The van der Waals surface area contributed by atoms with Crippen LogP contribution >= 0.6 is 0 Å². The van der Waals surface area contributed by atoms with Crippen LogP contribution in [0, 0.1) is 5.92 Å². The SMILES string of the molecule is CC(C)CN1CCOC(CNC(=O)Cn2cnc3ncccc3c2=O)C1. The second-order valence-electron chi connectivity index (χ2n) is 7.00. The van der Waals surface area contributed by atoms with Crippen LogP contribution in [-0.2, 0) is 16.1 Å². The van der Waals surface area contributed by atoms with Gasteiger partial charge in [-0.1, -0.05) is 13.8 Å². The molecule has 1 aliphatic rings. The molecule has 1 atom stereocenters. The minimum Gasteiger partial charge on any atom is -0.374 e. The van der Waals surface area contributed by atoms with Crippen LogP contribution in [0.2, 0.25) is 0 Å². The average molecular weight is 359 g/mol. The highest BCUT2D eigenvalue weighted by Gasteiger charge is 2.21. The summed E-state index contributed by atoms with van der Waals surface area (Å²) in [4.78, 5) is 35.1.